The maximum Gasteiger partial charge on any atom is 0.262 e. The van der Waals surface area contributed by atoms with Crippen molar-refractivity contribution in [1.29, 1.82) is 0 Å². The van der Waals surface area contributed by atoms with Crippen LogP contribution in [0.4, 0.5) is 5.69 Å². The first-order chi connectivity index (χ1) is 11.3. The van der Waals surface area contributed by atoms with E-state index < -0.39 is 0 Å². The number of amides is 1. The van der Waals surface area contributed by atoms with Crippen molar-refractivity contribution in [3.8, 4) is 11.5 Å². The molecular weight excluding hydrogens is 349 g/mol. The van der Waals surface area contributed by atoms with Crippen LogP contribution >= 0.6 is 23.2 Å². The highest BCUT2D eigenvalue weighted by Gasteiger charge is 2.32. The molecule has 24 heavy (non-hydrogen) atoms. The Labute approximate surface area is 150 Å². The molecule has 0 aromatic heterocycles. The maximum absolute atomic E-state index is 12.1. The lowest BCUT2D eigenvalue weighted by Gasteiger charge is -2.18. The van der Waals surface area contributed by atoms with Crippen LogP contribution in [0.5, 0.6) is 11.5 Å². The minimum Gasteiger partial charge on any atom is -0.483 e. The summed E-state index contributed by atoms with van der Waals surface area (Å²) in [6.07, 6.45) is 0.809. The molecule has 0 saturated heterocycles. The monoisotopic (exact) mass is 365 g/mol. The van der Waals surface area contributed by atoms with Crippen molar-refractivity contribution in [3.05, 3.63) is 52.0 Å². The van der Waals surface area contributed by atoms with Crippen LogP contribution in [0.1, 0.15) is 19.4 Å². The number of hydrogen-bond donors (Lipinski definition) is 1. The van der Waals surface area contributed by atoms with Gasteiger partial charge in [-0.1, -0.05) is 35.3 Å². The molecule has 0 fully saturated rings. The van der Waals surface area contributed by atoms with E-state index in [1.165, 1.54) is 0 Å². The van der Waals surface area contributed by atoms with E-state index in [9.17, 15) is 4.79 Å². The summed E-state index contributed by atoms with van der Waals surface area (Å²) >= 11 is 11.9. The highest BCUT2D eigenvalue weighted by molar-refractivity contribution is 6.35. The quantitative estimate of drug-likeness (QED) is 0.852. The number of carbonyl (C=O) groups excluding carboxylic acids is 1. The second kappa shape index (κ2) is 6.54. The van der Waals surface area contributed by atoms with E-state index in [2.05, 4.69) is 5.32 Å². The number of benzene rings is 2. The molecule has 0 bridgehead atoms. The Bertz CT molecular complexity index is 790. The van der Waals surface area contributed by atoms with E-state index in [4.69, 9.17) is 32.7 Å². The second-order valence-electron chi connectivity index (χ2n) is 6.24. The summed E-state index contributed by atoms with van der Waals surface area (Å²) in [5, 5.41) is 3.59. The first-order valence-electron chi connectivity index (χ1n) is 7.53. The van der Waals surface area contributed by atoms with E-state index in [1.807, 2.05) is 26.0 Å². The predicted octanol–water partition coefficient (Wildman–Crippen LogP) is 4.72. The number of hydrogen-bond acceptors (Lipinski definition) is 3. The van der Waals surface area contributed by atoms with Gasteiger partial charge in [0.15, 0.2) is 18.1 Å². The molecule has 0 aliphatic carbocycles. The second-order valence-corrected chi connectivity index (χ2v) is 7.09. The third-order valence-corrected chi connectivity index (χ3v) is 4.18. The van der Waals surface area contributed by atoms with E-state index >= 15 is 0 Å². The number of rotatable bonds is 4. The molecule has 3 rings (SSSR count). The SMILES string of the molecule is CC1(C)Cc2cccc(OCC(=O)Nc3cc(Cl)ccc3Cl)c2O1. The molecule has 4 nitrogen and oxygen atoms in total. The molecular formula is C18H17Cl2NO3. The van der Waals surface area contributed by atoms with Gasteiger partial charge in [-0.25, -0.2) is 0 Å². The first kappa shape index (κ1) is 16.9. The van der Waals surface area contributed by atoms with Crippen molar-refractivity contribution in [2.45, 2.75) is 25.9 Å². The number of anilines is 1. The number of fused-ring (bicyclic) bond motifs is 1. The van der Waals surface area contributed by atoms with Gasteiger partial charge in [0.25, 0.3) is 5.91 Å². The molecule has 1 heterocycles. The molecule has 0 atom stereocenters. The molecule has 1 aliphatic heterocycles. The first-order valence-corrected chi connectivity index (χ1v) is 8.28. The zero-order valence-corrected chi connectivity index (χ0v) is 14.9. The highest BCUT2D eigenvalue weighted by atomic mass is 35.5. The number of nitrogens with one attached hydrogen (secondary N) is 1. The normalized spacial score (nSPS) is 14.7. The summed E-state index contributed by atoms with van der Waals surface area (Å²) in [6.45, 7) is 3.89. The van der Waals surface area contributed by atoms with E-state index in [0.29, 0.717) is 27.2 Å². The van der Waals surface area contributed by atoms with Crippen LogP contribution < -0.4 is 14.8 Å². The van der Waals surface area contributed by atoms with Gasteiger partial charge in [-0.3, -0.25) is 4.79 Å². The fraction of sp³-hybridized carbons (Fsp3) is 0.278. The molecule has 1 aliphatic rings. The average molecular weight is 366 g/mol. The van der Waals surface area contributed by atoms with Gasteiger partial charge in [0.1, 0.15) is 5.60 Å². The van der Waals surface area contributed by atoms with Crippen molar-refractivity contribution in [3.63, 3.8) is 0 Å². The van der Waals surface area contributed by atoms with Crippen LogP contribution in [-0.2, 0) is 11.2 Å². The number of para-hydroxylation sites is 1. The van der Waals surface area contributed by atoms with Crippen molar-refractivity contribution in [2.75, 3.05) is 11.9 Å². The van der Waals surface area contributed by atoms with Crippen LogP contribution in [0, 0.1) is 0 Å². The van der Waals surface area contributed by atoms with Crippen LogP contribution in [0.2, 0.25) is 10.0 Å². The van der Waals surface area contributed by atoms with Gasteiger partial charge in [0, 0.05) is 17.0 Å². The summed E-state index contributed by atoms with van der Waals surface area (Å²) < 4.78 is 11.5. The maximum atomic E-state index is 12.1. The molecule has 1 N–H and O–H groups in total. The van der Waals surface area contributed by atoms with E-state index in [0.717, 1.165) is 12.0 Å². The fourth-order valence-electron chi connectivity index (χ4n) is 2.62. The molecule has 126 valence electrons. The highest BCUT2D eigenvalue weighted by Crippen LogP contribution is 2.41. The molecule has 0 saturated carbocycles. The van der Waals surface area contributed by atoms with Crippen LogP contribution in [0.3, 0.4) is 0 Å². The van der Waals surface area contributed by atoms with Crippen molar-refractivity contribution < 1.29 is 14.3 Å². The summed E-state index contributed by atoms with van der Waals surface area (Å²) in [5.41, 5.74) is 1.27. The third-order valence-electron chi connectivity index (χ3n) is 3.62. The van der Waals surface area contributed by atoms with Gasteiger partial charge >= 0.3 is 0 Å². The van der Waals surface area contributed by atoms with Gasteiger partial charge in [-0.15, -0.1) is 0 Å². The van der Waals surface area contributed by atoms with Gasteiger partial charge in [0.05, 0.1) is 10.7 Å². The molecule has 0 unspecified atom stereocenters. The minimum atomic E-state index is -0.325. The lowest BCUT2D eigenvalue weighted by molar-refractivity contribution is -0.118. The molecule has 0 radical (unpaired) electrons. The van der Waals surface area contributed by atoms with Crippen LogP contribution in [-0.4, -0.2) is 18.1 Å². The number of halogens is 2. The van der Waals surface area contributed by atoms with E-state index in [-0.39, 0.29) is 18.1 Å². The van der Waals surface area contributed by atoms with E-state index in [1.54, 1.807) is 24.3 Å². The average Bonchev–Trinajstić information content (AvgIpc) is 2.83. The largest absolute Gasteiger partial charge is 0.483 e. The third kappa shape index (κ3) is 3.77. The Morgan fingerprint density at radius 2 is 2.08 bits per heavy atom. The molecule has 0 spiro atoms. The Kier molecular flexibility index (Phi) is 4.61. The Hall–Kier alpha value is -1.91. The fourth-order valence-corrected chi connectivity index (χ4v) is 2.96. The predicted molar refractivity (Wildman–Crippen MR) is 95.4 cm³/mol. The minimum absolute atomic E-state index is 0.150. The number of carbonyl (C=O) groups is 1. The van der Waals surface area contributed by atoms with Crippen LogP contribution in [0.25, 0.3) is 0 Å². The lowest BCUT2D eigenvalue weighted by atomic mass is 10.0. The summed E-state index contributed by atoms with van der Waals surface area (Å²) in [4.78, 5) is 12.1. The van der Waals surface area contributed by atoms with Gasteiger partial charge in [0.2, 0.25) is 0 Å². The Balaban J connectivity index is 1.66. The topological polar surface area (TPSA) is 47.6 Å². The van der Waals surface area contributed by atoms with Crippen molar-refractivity contribution in [1.82, 2.24) is 0 Å². The zero-order valence-electron chi connectivity index (χ0n) is 13.4. The summed E-state index contributed by atoms with van der Waals surface area (Å²) in [7, 11) is 0. The van der Waals surface area contributed by atoms with Crippen molar-refractivity contribution >= 4 is 34.8 Å². The molecule has 1 amide bonds. The Morgan fingerprint density at radius 1 is 1.29 bits per heavy atom. The lowest BCUT2D eigenvalue weighted by Crippen LogP contribution is -2.25. The summed E-state index contributed by atoms with van der Waals surface area (Å²) in [6, 6.07) is 10.6. The van der Waals surface area contributed by atoms with Gasteiger partial charge in [-0.05, 0) is 38.1 Å². The van der Waals surface area contributed by atoms with Crippen molar-refractivity contribution in [2.24, 2.45) is 0 Å². The smallest absolute Gasteiger partial charge is 0.262 e. The van der Waals surface area contributed by atoms with Crippen LogP contribution in [0.15, 0.2) is 36.4 Å². The standard InChI is InChI=1S/C18H17Cl2NO3/c1-18(2)9-11-4-3-5-15(17(11)24-18)23-10-16(22)21-14-8-12(19)6-7-13(14)20/h3-8H,9-10H2,1-2H3,(H,21,22). The molecule has 6 heteroatoms. The number of ether oxygens (including phenoxy) is 2. The van der Waals surface area contributed by atoms with Gasteiger partial charge in [-0.2, -0.15) is 0 Å². The Morgan fingerprint density at radius 3 is 2.88 bits per heavy atom. The summed E-state index contributed by atoms with van der Waals surface area (Å²) in [5.74, 6) is 0.940. The molecule has 2 aromatic rings. The zero-order chi connectivity index (χ0) is 17.3. The molecule has 2 aromatic carbocycles. The van der Waals surface area contributed by atoms with Gasteiger partial charge < -0.3 is 14.8 Å².